The van der Waals surface area contributed by atoms with Gasteiger partial charge in [-0.05, 0) is 54.2 Å². The monoisotopic (exact) mass is 288 g/mol. The molecule has 0 fully saturated rings. The number of imidazole rings is 1. The van der Waals surface area contributed by atoms with Gasteiger partial charge in [-0.1, -0.05) is 22.0 Å². The number of halogens is 1. The quantitative estimate of drug-likeness (QED) is 0.843. The fourth-order valence-electron chi connectivity index (χ4n) is 2.35. The summed E-state index contributed by atoms with van der Waals surface area (Å²) in [5.74, 6) is 0. The lowest BCUT2D eigenvalue weighted by Gasteiger charge is -2.19. The Hall–Kier alpha value is -1.35. The van der Waals surface area contributed by atoms with E-state index in [2.05, 4.69) is 50.2 Å². The lowest BCUT2D eigenvalue weighted by Crippen LogP contribution is -2.01. The van der Waals surface area contributed by atoms with Crippen molar-refractivity contribution >= 4 is 27.6 Å². The molecule has 2 nitrogen and oxygen atoms in total. The number of aromatic amines is 1. The molecule has 1 N–H and O–H groups in total. The van der Waals surface area contributed by atoms with E-state index in [4.69, 9.17) is 0 Å². The molecule has 1 aromatic heterocycles. The van der Waals surface area contributed by atoms with Crippen LogP contribution in [0, 0.1) is 0 Å². The molecule has 86 valence electrons. The maximum Gasteiger partial charge on any atom is 0.0924 e. The Balaban J connectivity index is 2.07. The van der Waals surface area contributed by atoms with E-state index in [9.17, 15) is 0 Å². The third kappa shape index (κ3) is 2.20. The number of nitrogens with zero attached hydrogens (tertiary/aromatic N) is 1. The highest BCUT2D eigenvalue weighted by molar-refractivity contribution is 9.10. The van der Waals surface area contributed by atoms with Gasteiger partial charge in [-0.2, -0.15) is 0 Å². The van der Waals surface area contributed by atoms with Crippen LogP contribution in [0.3, 0.4) is 0 Å². The normalized spacial score (nSPS) is 17.1. The maximum absolute atomic E-state index is 4.05. The van der Waals surface area contributed by atoms with Crippen molar-refractivity contribution in [3.63, 3.8) is 0 Å². The van der Waals surface area contributed by atoms with Crippen molar-refractivity contribution < 1.29 is 0 Å². The zero-order valence-corrected chi connectivity index (χ0v) is 11.0. The van der Waals surface area contributed by atoms with Gasteiger partial charge < -0.3 is 4.98 Å². The Morgan fingerprint density at radius 3 is 3.06 bits per heavy atom. The number of hydrogen-bond acceptors (Lipinski definition) is 1. The van der Waals surface area contributed by atoms with E-state index in [1.807, 2.05) is 6.20 Å². The molecule has 0 spiro atoms. The number of nitrogens with one attached hydrogen (secondary N) is 1. The molecule has 1 aliphatic carbocycles. The van der Waals surface area contributed by atoms with Crippen LogP contribution < -0.4 is 0 Å². The third-order valence-corrected chi connectivity index (χ3v) is 3.65. The van der Waals surface area contributed by atoms with E-state index in [0.29, 0.717) is 0 Å². The zero-order valence-electron chi connectivity index (χ0n) is 9.41. The fourth-order valence-corrected chi connectivity index (χ4v) is 2.71. The van der Waals surface area contributed by atoms with Crippen molar-refractivity contribution in [2.24, 2.45) is 0 Å². The minimum absolute atomic E-state index is 1.08. The molecule has 0 radical (unpaired) electrons. The molecule has 0 atom stereocenters. The molecule has 1 heterocycles. The Kier molecular flexibility index (Phi) is 2.85. The first-order chi connectivity index (χ1) is 8.33. The molecular weight excluding hydrogens is 276 g/mol. The molecule has 0 saturated heterocycles. The van der Waals surface area contributed by atoms with Crippen LogP contribution in [-0.4, -0.2) is 9.97 Å². The second-order valence-electron chi connectivity index (χ2n) is 4.33. The van der Waals surface area contributed by atoms with Gasteiger partial charge in [0.25, 0.3) is 0 Å². The highest BCUT2D eigenvalue weighted by atomic mass is 79.9. The zero-order chi connectivity index (χ0) is 11.7. The second kappa shape index (κ2) is 4.49. The first-order valence-electron chi connectivity index (χ1n) is 5.81. The van der Waals surface area contributed by atoms with Crippen LogP contribution in [0.1, 0.15) is 29.7 Å². The van der Waals surface area contributed by atoms with Crippen molar-refractivity contribution in [1.29, 1.82) is 0 Å². The molecule has 0 aliphatic heterocycles. The lowest BCUT2D eigenvalue weighted by molar-refractivity contribution is 0.823. The topological polar surface area (TPSA) is 28.7 Å². The minimum atomic E-state index is 1.08. The smallest absolute Gasteiger partial charge is 0.0924 e. The van der Waals surface area contributed by atoms with E-state index in [-0.39, 0.29) is 0 Å². The van der Waals surface area contributed by atoms with E-state index in [1.165, 1.54) is 29.5 Å². The number of aromatic nitrogens is 2. The van der Waals surface area contributed by atoms with E-state index < -0.39 is 0 Å². The highest BCUT2D eigenvalue weighted by Gasteiger charge is 2.14. The van der Waals surface area contributed by atoms with Gasteiger partial charge in [-0.25, -0.2) is 4.98 Å². The average Bonchev–Trinajstić information content (AvgIpc) is 2.83. The van der Waals surface area contributed by atoms with Crippen molar-refractivity contribution in [2.75, 3.05) is 0 Å². The molecule has 0 unspecified atom stereocenters. The van der Waals surface area contributed by atoms with Gasteiger partial charge in [0.1, 0.15) is 0 Å². The molecule has 1 aromatic carbocycles. The van der Waals surface area contributed by atoms with Gasteiger partial charge in [0.2, 0.25) is 0 Å². The Morgan fingerprint density at radius 1 is 1.29 bits per heavy atom. The summed E-state index contributed by atoms with van der Waals surface area (Å²) >= 11 is 3.55. The minimum Gasteiger partial charge on any atom is -0.345 e. The van der Waals surface area contributed by atoms with E-state index >= 15 is 0 Å². The standard InChI is InChI=1S/C14H13BrN2/c15-12-5-4-10-2-1-3-11(14(10)7-12)6-13-8-16-9-17-13/h4-9H,1-3H2,(H,16,17)/b11-6+. The molecule has 1 aliphatic rings. The SMILES string of the molecule is Brc1ccc2c(c1)/C(=C/c1cnc[nH]1)CCC2. The Bertz CT molecular complexity index is 556. The van der Waals surface area contributed by atoms with Crippen LogP contribution in [0.4, 0.5) is 0 Å². The maximum atomic E-state index is 4.05. The number of benzene rings is 1. The van der Waals surface area contributed by atoms with Crippen LogP contribution in [0.2, 0.25) is 0 Å². The Labute approximate surface area is 109 Å². The molecule has 0 bridgehead atoms. The predicted octanol–water partition coefficient (Wildman–Crippen LogP) is 4.05. The summed E-state index contributed by atoms with van der Waals surface area (Å²) in [5.41, 5.74) is 5.30. The molecule has 3 rings (SSSR count). The predicted molar refractivity (Wildman–Crippen MR) is 73.5 cm³/mol. The molecule has 0 saturated carbocycles. The third-order valence-electron chi connectivity index (χ3n) is 3.16. The number of allylic oxidation sites excluding steroid dienone is 1. The van der Waals surface area contributed by atoms with Gasteiger partial charge in [-0.15, -0.1) is 0 Å². The van der Waals surface area contributed by atoms with E-state index in [1.54, 1.807) is 6.33 Å². The summed E-state index contributed by atoms with van der Waals surface area (Å²) in [6.45, 7) is 0. The van der Waals surface area contributed by atoms with Crippen LogP contribution >= 0.6 is 15.9 Å². The summed E-state index contributed by atoms with van der Waals surface area (Å²) in [6, 6.07) is 6.56. The number of fused-ring (bicyclic) bond motifs is 1. The van der Waals surface area contributed by atoms with Gasteiger partial charge in [0.15, 0.2) is 0 Å². The summed E-state index contributed by atoms with van der Waals surface area (Å²) < 4.78 is 1.15. The highest BCUT2D eigenvalue weighted by Crippen LogP contribution is 2.33. The summed E-state index contributed by atoms with van der Waals surface area (Å²) in [6.07, 6.45) is 9.34. The molecule has 2 aromatic rings. The number of rotatable bonds is 1. The fraction of sp³-hybridized carbons (Fsp3) is 0.214. The summed E-state index contributed by atoms with van der Waals surface area (Å²) in [4.78, 5) is 7.18. The van der Waals surface area contributed by atoms with Crippen molar-refractivity contribution in [3.8, 4) is 0 Å². The van der Waals surface area contributed by atoms with Crippen LogP contribution in [0.5, 0.6) is 0 Å². The van der Waals surface area contributed by atoms with Crippen LogP contribution in [0.15, 0.2) is 35.2 Å². The number of H-pyrrole nitrogens is 1. The van der Waals surface area contributed by atoms with E-state index in [0.717, 1.165) is 16.6 Å². The van der Waals surface area contributed by atoms with Gasteiger partial charge in [0, 0.05) is 4.47 Å². The van der Waals surface area contributed by atoms with Gasteiger partial charge in [0.05, 0.1) is 18.2 Å². The van der Waals surface area contributed by atoms with Crippen molar-refractivity contribution in [2.45, 2.75) is 19.3 Å². The van der Waals surface area contributed by atoms with Gasteiger partial charge in [-0.3, -0.25) is 0 Å². The molecule has 0 amide bonds. The second-order valence-corrected chi connectivity index (χ2v) is 5.25. The molecule has 17 heavy (non-hydrogen) atoms. The lowest BCUT2D eigenvalue weighted by atomic mass is 9.87. The number of aryl methyl sites for hydroxylation is 1. The van der Waals surface area contributed by atoms with Crippen LogP contribution in [-0.2, 0) is 6.42 Å². The summed E-state index contributed by atoms with van der Waals surface area (Å²) in [5, 5.41) is 0. The molecule has 3 heteroatoms. The first-order valence-corrected chi connectivity index (χ1v) is 6.60. The van der Waals surface area contributed by atoms with Crippen molar-refractivity contribution in [3.05, 3.63) is 52.0 Å². The van der Waals surface area contributed by atoms with Crippen LogP contribution in [0.25, 0.3) is 11.6 Å². The van der Waals surface area contributed by atoms with Crippen molar-refractivity contribution in [1.82, 2.24) is 9.97 Å². The molecular formula is C14H13BrN2. The number of hydrogen-bond donors (Lipinski definition) is 1. The van der Waals surface area contributed by atoms with Gasteiger partial charge >= 0.3 is 0 Å². The summed E-state index contributed by atoms with van der Waals surface area (Å²) in [7, 11) is 0. The average molecular weight is 289 g/mol. The Morgan fingerprint density at radius 2 is 2.24 bits per heavy atom. The first kappa shape index (κ1) is 10.8. The largest absolute Gasteiger partial charge is 0.345 e.